The van der Waals surface area contributed by atoms with Gasteiger partial charge in [0.15, 0.2) is 0 Å². The van der Waals surface area contributed by atoms with Gasteiger partial charge in [-0.05, 0) is 80.1 Å². The lowest BCUT2D eigenvalue weighted by Gasteiger charge is -2.11. The van der Waals surface area contributed by atoms with E-state index in [4.69, 9.17) is 4.74 Å². The van der Waals surface area contributed by atoms with Crippen LogP contribution in [-0.4, -0.2) is 20.4 Å². The molecule has 0 bridgehead atoms. The molecule has 0 atom stereocenters. The summed E-state index contributed by atoms with van der Waals surface area (Å²) in [4.78, 5) is 17.8. The SMILES string of the molecule is CCc1nc2ccc(Br)cc2c(=O)n1N=Cc1cc(C)n(-c2ccc(OCc3ccc(F)cc3)cc2)c1C. The molecule has 0 N–H and O–H groups in total. The molecule has 0 saturated heterocycles. The van der Waals surface area contributed by atoms with Crippen LogP contribution in [0.25, 0.3) is 16.6 Å². The zero-order valence-corrected chi connectivity index (χ0v) is 22.9. The fraction of sp³-hybridized carbons (Fsp3) is 0.167. The molecule has 0 aliphatic carbocycles. The Bertz CT molecular complexity index is 1700. The molecule has 3 aromatic carbocycles. The average molecular weight is 573 g/mol. The van der Waals surface area contributed by atoms with E-state index in [1.807, 2.05) is 63.2 Å². The first-order chi connectivity index (χ1) is 18.3. The standard InChI is InChI=1S/C30H26BrFN4O2/c1-4-29-34-28-14-7-23(31)16-27(28)30(37)36(29)33-17-22-15-19(2)35(20(22)3)25-10-12-26(13-11-25)38-18-21-5-8-24(32)9-6-21/h5-17H,4,18H2,1-3H3. The van der Waals surface area contributed by atoms with Gasteiger partial charge in [-0.1, -0.05) is 35.0 Å². The van der Waals surface area contributed by atoms with Crippen LogP contribution in [-0.2, 0) is 13.0 Å². The number of rotatable bonds is 7. The molecule has 0 aliphatic rings. The Balaban J connectivity index is 1.40. The van der Waals surface area contributed by atoms with Gasteiger partial charge in [-0.2, -0.15) is 9.78 Å². The minimum atomic E-state index is -0.264. The number of hydrogen-bond acceptors (Lipinski definition) is 4. The lowest BCUT2D eigenvalue weighted by molar-refractivity contribution is 0.306. The molecule has 2 heterocycles. The Morgan fingerprint density at radius 3 is 2.47 bits per heavy atom. The molecule has 0 fully saturated rings. The molecule has 5 aromatic rings. The monoisotopic (exact) mass is 572 g/mol. The largest absolute Gasteiger partial charge is 0.489 e. The van der Waals surface area contributed by atoms with Gasteiger partial charge in [0.05, 0.1) is 17.1 Å². The number of ether oxygens (including phenoxy) is 1. The lowest BCUT2D eigenvalue weighted by Crippen LogP contribution is -2.22. The van der Waals surface area contributed by atoms with E-state index in [9.17, 15) is 9.18 Å². The number of halogens is 2. The molecule has 6 nitrogen and oxygen atoms in total. The maximum atomic E-state index is 13.2. The van der Waals surface area contributed by atoms with Crippen molar-refractivity contribution in [2.45, 2.75) is 33.8 Å². The lowest BCUT2D eigenvalue weighted by atomic mass is 10.2. The van der Waals surface area contributed by atoms with Gasteiger partial charge in [0.1, 0.15) is 24.0 Å². The highest BCUT2D eigenvalue weighted by Crippen LogP contribution is 2.23. The van der Waals surface area contributed by atoms with Gasteiger partial charge in [0, 0.05) is 33.5 Å². The molecule has 192 valence electrons. The van der Waals surface area contributed by atoms with Gasteiger partial charge in [-0.25, -0.2) is 9.37 Å². The fourth-order valence-corrected chi connectivity index (χ4v) is 4.78. The topological polar surface area (TPSA) is 61.4 Å². The van der Waals surface area contributed by atoms with Crippen molar-refractivity contribution in [3.63, 3.8) is 0 Å². The molecule has 5 rings (SSSR count). The van der Waals surface area contributed by atoms with Crippen LogP contribution in [0, 0.1) is 19.7 Å². The van der Waals surface area contributed by atoms with Crippen molar-refractivity contribution >= 4 is 33.0 Å². The van der Waals surface area contributed by atoms with E-state index < -0.39 is 0 Å². The van der Waals surface area contributed by atoms with Gasteiger partial charge in [0.25, 0.3) is 5.56 Å². The molecule has 0 amide bonds. The third kappa shape index (κ3) is 5.17. The number of hydrogen-bond donors (Lipinski definition) is 0. The minimum absolute atomic E-state index is 0.200. The van der Waals surface area contributed by atoms with Crippen LogP contribution in [0.5, 0.6) is 5.75 Å². The second-order valence-electron chi connectivity index (χ2n) is 8.98. The van der Waals surface area contributed by atoms with E-state index in [0.717, 1.165) is 38.4 Å². The van der Waals surface area contributed by atoms with Gasteiger partial charge < -0.3 is 9.30 Å². The molecule has 0 aliphatic heterocycles. The Morgan fingerprint density at radius 2 is 1.76 bits per heavy atom. The highest BCUT2D eigenvalue weighted by atomic mass is 79.9. The number of aryl methyl sites for hydroxylation is 2. The van der Waals surface area contributed by atoms with Crippen LogP contribution in [0.3, 0.4) is 0 Å². The highest BCUT2D eigenvalue weighted by molar-refractivity contribution is 9.10. The van der Waals surface area contributed by atoms with Gasteiger partial charge in [0.2, 0.25) is 0 Å². The van der Waals surface area contributed by atoms with E-state index in [-0.39, 0.29) is 11.4 Å². The first-order valence-electron chi connectivity index (χ1n) is 12.3. The van der Waals surface area contributed by atoms with Crippen LogP contribution in [0.1, 0.15) is 35.3 Å². The van der Waals surface area contributed by atoms with Gasteiger partial charge in [-0.15, -0.1) is 0 Å². The van der Waals surface area contributed by atoms with E-state index in [1.54, 1.807) is 24.4 Å². The minimum Gasteiger partial charge on any atom is -0.489 e. The molecule has 0 unspecified atom stereocenters. The van der Waals surface area contributed by atoms with E-state index in [1.165, 1.54) is 16.8 Å². The first-order valence-corrected chi connectivity index (χ1v) is 13.1. The number of aromatic nitrogens is 3. The van der Waals surface area contributed by atoms with Crippen molar-refractivity contribution < 1.29 is 9.13 Å². The van der Waals surface area contributed by atoms with Crippen LogP contribution >= 0.6 is 15.9 Å². The average Bonchev–Trinajstić information content (AvgIpc) is 3.20. The third-order valence-electron chi connectivity index (χ3n) is 6.39. The van der Waals surface area contributed by atoms with E-state index in [2.05, 4.69) is 30.6 Å². The second-order valence-corrected chi connectivity index (χ2v) is 9.89. The van der Waals surface area contributed by atoms with Crippen LogP contribution < -0.4 is 10.3 Å². The van der Waals surface area contributed by atoms with Crippen LogP contribution in [0.4, 0.5) is 4.39 Å². The fourth-order valence-electron chi connectivity index (χ4n) is 4.42. The zero-order chi connectivity index (χ0) is 26.8. The van der Waals surface area contributed by atoms with Crippen LogP contribution in [0.15, 0.2) is 87.2 Å². The molecule has 0 spiro atoms. The maximum Gasteiger partial charge on any atom is 0.282 e. The molecule has 38 heavy (non-hydrogen) atoms. The summed E-state index contributed by atoms with van der Waals surface area (Å²) in [6, 6.07) is 21.6. The second kappa shape index (κ2) is 10.8. The van der Waals surface area contributed by atoms with Crippen molar-refractivity contribution in [3.05, 3.63) is 122 Å². The Kier molecular flexibility index (Phi) is 7.24. The quantitative estimate of drug-likeness (QED) is 0.203. The van der Waals surface area contributed by atoms with Crippen molar-refractivity contribution in [1.82, 2.24) is 14.2 Å². The summed E-state index contributed by atoms with van der Waals surface area (Å²) in [5.74, 6) is 1.07. The van der Waals surface area contributed by atoms with Crippen molar-refractivity contribution in [1.29, 1.82) is 0 Å². The predicted octanol–water partition coefficient (Wildman–Crippen LogP) is 6.73. The molecular formula is C30H26BrFN4O2. The summed E-state index contributed by atoms with van der Waals surface area (Å²) in [5, 5.41) is 5.07. The number of fused-ring (bicyclic) bond motifs is 1. The zero-order valence-electron chi connectivity index (χ0n) is 21.3. The summed E-state index contributed by atoms with van der Waals surface area (Å²) in [7, 11) is 0. The summed E-state index contributed by atoms with van der Waals surface area (Å²) in [6.07, 6.45) is 2.29. The highest BCUT2D eigenvalue weighted by Gasteiger charge is 2.12. The maximum absolute atomic E-state index is 13.2. The molecule has 2 aromatic heterocycles. The summed E-state index contributed by atoms with van der Waals surface area (Å²) in [6.45, 7) is 6.37. The van der Waals surface area contributed by atoms with Gasteiger partial charge >= 0.3 is 0 Å². The van der Waals surface area contributed by atoms with Crippen molar-refractivity contribution in [2.24, 2.45) is 5.10 Å². The van der Waals surface area contributed by atoms with Crippen LogP contribution in [0.2, 0.25) is 0 Å². The summed E-state index contributed by atoms with van der Waals surface area (Å²) < 4.78 is 23.3. The Morgan fingerprint density at radius 1 is 1.03 bits per heavy atom. The Labute approximate surface area is 228 Å². The molecule has 0 radical (unpaired) electrons. The van der Waals surface area contributed by atoms with Gasteiger partial charge in [-0.3, -0.25) is 4.79 Å². The smallest absolute Gasteiger partial charge is 0.282 e. The van der Waals surface area contributed by atoms with Crippen molar-refractivity contribution in [2.75, 3.05) is 0 Å². The molecular weight excluding hydrogens is 547 g/mol. The summed E-state index contributed by atoms with van der Waals surface area (Å²) in [5.41, 5.74) is 5.27. The number of benzene rings is 3. The third-order valence-corrected chi connectivity index (χ3v) is 6.88. The molecule has 0 saturated carbocycles. The van der Waals surface area contributed by atoms with E-state index >= 15 is 0 Å². The predicted molar refractivity (Wildman–Crippen MR) is 152 cm³/mol. The molecule has 8 heteroatoms. The summed E-state index contributed by atoms with van der Waals surface area (Å²) >= 11 is 3.43. The van der Waals surface area contributed by atoms with Crippen molar-refractivity contribution in [3.8, 4) is 11.4 Å². The van der Waals surface area contributed by atoms with E-state index in [0.29, 0.717) is 29.8 Å². The first kappa shape index (κ1) is 25.6. The normalized spacial score (nSPS) is 11.5. The number of nitrogens with zero attached hydrogens (tertiary/aromatic N) is 4. The Hall–Kier alpha value is -4.04.